The summed E-state index contributed by atoms with van der Waals surface area (Å²) in [7, 11) is 1.25. The van der Waals surface area contributed by atoms with E-state index in [1.807, 2.05) is 0 Å². The number of primary amides is 2. The quantitative estimate of drug-likeness (QED) is 0.0754. The van der Waals surface area contributed by atoms with Crippen LogP contribution in [0.15, 0.2) is 24.3 Å². The van der Waals surface area contributed by atoms with Crippen molar-refractivity contribution in [3.05, 3.63) is 29.8 Å². The highest BCUT2D eigenvalue weighted by molar-refractivity contribution is 5.95. The fourth-order valence-electron chi connectivity index (χ4n) is 3.91. The topological polar surface area (TPSA) is 289 Å². The number of likely N-dealkylation sites (N-methyl/N-ethyl adjacent to an activating group) is 1. The molecule has 0 aromatic heterocycles. The van der Waals surface area contributed by atoms with Crippen molar-refractivity contribution in [1.29, 1.82) is 0 Å². The minimum absolute atomic E-state index is 0.0126. The molecule has 0 spiro atoms. The van der Waals surface area contributed by atoms with Crippen molar-refractivity contribution < 1.29 is 43.8 Å². The number of nitrogens with one attached hydrogen (secondary N) is 4. The van der Waals surface area contributed by atoms with Crippen LogP contribution in [0.3, 0.4) is 0 Å². The highest BCUT2D eigenvalue weighted by atomic mass is 16.3. The highest BCUT2D eigenvalue weighted by Gasteiger charge is 2.30. The number of carbonyl (C=O) groups excluding carboxylic acids is 7. The molecule has 1 aromatic rings. The molecule has 0 saturated heterocycles. The highest BCUT2D eigenvalue weighted by Crippen LogP contribution is 2.11. The van der Waals surface area contributed by atoms with Crippen LogP contribution in [0.1, 0.15) is 39.2 Å². The molecular formula is C28H44N8O9. The van der Waals surface area contributed by atoms with Gasteiger partial charge in [-0.2, -0.15) is 0 Å². The molecule has 7 amide bonds. The van der Waals surface area contributed by atoms with E-state index in [0.29, 0.717) is 5.56 Å². The van der Waals surface area contributed by atoms with Crippen LogP contribution in [0.25, 0.3) is 0 Å². The van der Waals surface area contributed by atoms with Gasteiger partial charge in [0.2, 0.25) is 41.4 Å². The molecule has 12 N–H and O–H groups in total. The number of benzene rings is 1. The number of phenols is 1. The zero-order valence-corrected chi connectivity index (χ0v) is 25.7. The fourth-order valence-corrected chi connectivity index (χ4v) is 3.91. The summed E-state index contributed by atoms with van der Waals surface area (Å²) in [6.07, 6.45) is -1.85. The average Bonchev–Trinajstić information content (AvgIpc) is 2.95. The zero-order valence-electron chi connectivity index (χ0n) is 25.7. The van der Waals surface area contributed by atoms with Crippen LogP contribution in [0.5, 0.6) is 5.75 Å². The summed E-state index contributed by atoms with van der Waals surface area (Å²) in [5.74, 6) is -5.79. The number of carbonyl (C=O) groups is 7. The zero-order chi connectivity index (χ0) is 34.4. The second kappa shape index (κ2) is 18.1. The summed E-state index contributed by atoms with van der Waals surface area (Å²) < 4.78 is 0. The molecule has 17 heteroatoms. The van der Waals surface area contributed by atoms with Gasteiger partial charge in [-0.05, 0) is 37.0 Å². The molecule has 1 rings (SSSR count). The molecule has 5 atom stereocenters. The summed E-state index contributed by atoms with van der Waals surface area (Å²) >= 11 is 0. The number of aromatic hydroxyl groups is 1. The van der Waals surface area contributed by atoms with E-state index in [1.54, 1.807) is 26.0 Å². The van der Waals surface area contributed by atoms with Crippen LogP contribution in [0.4, 0.5) is 0 Å². The minimum Gasteiger partial charge on any atom is -0.508 e. The van der Waals surface area contributed by atoms with E-state index in [1.165, 1.54) is 26.1 Å². The van der Waals surface area contributed by atoms with E-state index >= 15 is 0 Å². The van der Waals surface area contributed by atoms with E-state index in [0.717, 1.165) is 4.90 Å². The third-order valence-corrected chi connectivity index (χ3v) is 6.63. The van der Waals surface area contributed by atoms with E-state index in [9.17, 15) is 43.8 Å². The molecule has 0 fully saturated rings. The first-order chi connectivity index (χ1) is 20.9. The van der Waals surface area contributed by atoms with Gasteiger partial charge in [-0.1, -0.05) is 26.0 Å². The van der Waals surface area contributed by atoms with Gasteiger partial charge >= 0.3 is 0 Å². The number of nitrogens with two attached hydrogens (primary N) is 3. The summed E-state index contributed by atoms with van der Waals surface area (Å²) in [6.45, 7) is 3.43. The number of hydrogen-bond donors (Lipinski definition) is 9. The van der Waals surface area contributed by atoms with Crippen molar-refractivity contribution in [2.75, 3.05) is 20.1 Å². The second-order valence-corrected chi connectivity index (χ2v) is 10.9. The number of phenolic OH excluding ortho intramolecular Hbond substituents is 1. The summed E-state index contributed by atoms with van der Waals surface area (Å²) in [4.78, 5) is 87.6. The normalized spacial score (nSPS) is 14.2. The Kier molecular flexibility index (Phi) is 15.4. The second-order valence-electron chi connectivity index (χ2n) is 10.9. The maximum absolute atomic E-state index is 13.1. The molecule has 250 valence electrons. The average molecular weight is 637 g/mol. The number of amides is 7. The van der Waals surface area contributed by atoms with Crippen LogP contribution in [-0.2, 0) is 40.0 Å². The first-order valence-electron chi connectivity index (χ1n) is 14.1. The van der Waals surface area contributed by atoms with Gasteiger partial charge in [0.25, 0.3) is 0 Å². The first-order valence-corrected chi connectivity index (χ1v) is 14.1. The van der Waals surface area contributed by atoms with Crippen LogP contribution in [0, 0.1) is 5.92 Å². The van der Waals surface area contributed by atoms with Crippen LogP contribution in [-0.4, -0.2) is 107 Å². The lowest BCUT2D eigenvalue weighted by Gasteiger charge is -2.26. The van der Waals surface area contributed by atoms with E-state index in [2.05, 4.69) is 21.3 Å². The number of hydrogen-bond acceptors (Lipinski definition) is 10. The Morgan fingerprint density at radius 2 is 1.44 bits per heavy atom. The predicted molar refractivity (Wildman–Crippen MR) is 160 cm³/mol. The SMILES string of the molecule is CC(C)C(N)C(=O)NC(C(=O)NCC(=O)NC(CCC(N)=O)C(=O)N(C)CC(=O)NC(Cc1ccc(O)cc1)C(N)=O)C(C)O. The Morgan fingerprint density at radius 3 is 1.96 bits per heavy atom. The monoisotopic (exact) mass is 636 g/mol. The number of aliphatic hydroxyl groups is 1. The van der Waals surface area contributed by atoms with Gasteiger partial charge in [-0.3, -0.25) is 33.6 Å². The van der Waals surface area contributed by atoms with Gasteiger partial charge in [0.15, 0.2) is 0 Å². The molecule has 1 aromatic carbocycles. The largest absolute Gasteiger partial charge is 0.508 e. The lowest BCUT2D eigenvalue weighted by molar-refractivity contribution is -0.139. The maximum Gasteiger partial charge on any atom is 0.245 e. The first kappa shape index (κ1) is 38.3. The third-order valence-electron chi connectivity index (χ3n) is 6.63. The van der Waals surface area contributed by atoms with E-state index in [4.69, 9.17) is 17.2 Å². The van der Waals surface area contributed by atoms with Gasteiger partial charge in [-0.15, -0.1) is 0 Å². The Balaban J connectivity index is 2.85. The van der Waals surface area contributed by atoms with Crippen molar-refractivity contribution in [3.63, 3.8) is 0 Å². The van der Waals surface area contributed by atoms with E-state index in [-0.39, 0.29) is 30.9 Å². The van der Waals surface area contributed by atoms with Gasteiger partial charge in [-0.25, -0.2) is 0 Å². The van der Waals surface area contributed by atoms with Gasteiger partial charge in [0.1, 0.15) is 23.9 Å². The molecule has 0 aliphatic rings. The molecule has 0 aliphatic carbocycles. The summed E-state index contributed by atoms with van der Waals surface area (Å²) in [6, 6.07) is 1.07. The molecule has 5 unspecified atom stereocenters. The molecule has 0 radical (unpaired) electrons. The molecular weight excluding hydrogens is 592 g/mol. The molecule has 0 saturated carbocycles. The Hall–Kier alpha value is -4.77. The Labute approximate surface area is 260 Å². The number of nitrogens with zero attached hydrogens (tertiary/aromatic N) is 1. The van der Waals surface area contributed by atoms with Crippen molar-refractivity contribution in [1.82, 2.24) is 26.2 Å². The fraction of sp³-hybridized carbons (Fsp3) is 0.536. The number of rotatable bonds is 18. The summed E-state index contributed by atoms with van der Waals surface area (Å²) in [5, 5.41) is 28.8. The smallest absolute Gasteiger partial charge is 0.245 e. The predicted octanol–water partition coefficient (Wildman–Crippen LogP) is -3.92. The van der Waals surface area contributed by atoms with Crippen molar-refractivity contribution in [3.8, 4) is 5.75 Å². The van der Waals surface area contributed by atoms with Gasteiger partial charge < -0.3 is 53.6 Å². The number of aliphatic hydroxyl groups excluding tert-OH is 1. The molecule has 45 heavy (non-hydrogen) atoms. The van der Waals surface area contributed by atoms with Crippen LogP contribution in [0.2, 0.25) is 0 Å². The van der Waals surface area contributed by atoms with E-state index < -0.39 is 84.7 Å². The van der Waals surface area contributed by atoms with Crippen molar-refractivity contribution >= 4 is 41.4 Å². The molecule has 0 bridgehead atoms. The van der Waals surface area contributed by atoms with Crippen LogP contribution >= 0.6 is 0 Å². The van der Waals surface area contributed by atoms with Gasteiger partial charge in [0, 0.05) is 19.9 Å². The van der Waals surface area contributed by atoms with Crippen molar-refractivity contribution in [2.45, 2.75) is 70.3 Å². The van der Waals surface area contributed by atoms with Crippen molar-refractivity contribution in [2.24, 2.45) is 23.1 Å². The van der Waals surface area contributed by atoms with Crippen LogP contribution < -0.4 is 38.5 Å². The Morgan fingerprint density at radius 1 is 0.867 bits per heavy atom. The Bertz CT molecular complexity index is 1220. The standard InChI is InChI=1S/C28H44N8O9/c1-14(2)23(30)26(43)35-24(15(3)37)27(44)32-12-21(40)33-18(9-10-20(29)39)28(45)36(4)13-22(41)34-19(25(31)42)11-16-5-7-17(38)8-6-16/h5-8,14-15,18-19,23-24,37-38H,9-13,30H2,1-4H3,(H2,29,39)(H2,31,42)(H,32,44)(H,33,40)(H,34,41)(H,35,43). The minimum atomic E-state index is -1.43. The molecule has 17 nitrogen and oxygen atoms in total. The summed E-state index contributed by atoms with van der Waals surface area (Å²) in [5.41, 5.74) is 17.0. The maximum atomic E-state index is 13.1. The lowest BCUT2D eigenvalue weighted by Crippen LogP contribution is -2.58. The lowest BCUT2D eigenvalue weighted by atomic mass is 10.0. The molecule has 0 aliphatic heterocycles. The third kappa shape index (κ3) is 13.6. The van der Waals surface area contributed by atoms with Gasteiger partial charge in [0.05, 0.1) is 25.2 Å². The molecule has 0 heterocycles.